The van der Waals surface area contributed by atoms with E-state index in [0.717, 1.165) is 5.56 Å². The minimum atomic E-state index is -1.40. The number of amides is 3. The molecule has 0 aliphatic rings. The topological polar surface area (TPSA) is 197 Å². The van der Waals surface area contributed by atoms with E-state index in [0.29, 0.717) is 31.6 Å². The smallest absolute Gasteiger partial charge is 0.326 e. The standard InChI is InChI=1S/C23H37N5O6S/c1-35-12-10-16(25)20(30)27-18(13-15-7-3-2-4-8-15)21(31)28-19(14-29)22(32)26-17(23(33)34)9-5-6-11-24/h2-4,7-8,16-19,29H,5-6,9-14,24-25H2,1H3,(H,26,32)(H,27,30)(H,28,31)(H,33,34). The van der Waals surface area contributed by atoms with E-state index in [1.54, 1.807) is 36.0 Å². The highest BCUT2D eigenvalue weighted by molar-refractivity contribution is 7.98. The second kappa shape index (κ2) is 16.9. The predicted molar refractivity (Wildman–Crippen MR) is 135 cm³/mol. The van der Waals surface area contributed by atoms with Crippen LogP contribution < -0.4 is 27.4 Å². The van der Waals surface area contributed by atoms with Crippen molar-refractivity contribution in [1.82, 2.24) is 16.0 Å². The summed E-state index contributed by atoms with van der Waals surface area (Å²) in [6, 6.07) is 4.50. The van der Waals surface area contributed by atoms with E-state index in [2.05, 4.69) is 16.0 Å². The van der Waals surface area contributed by atoms with Crippen molar-refractivity contribution in [3.63, 3.8) is 0 Å². The number of aliphatic carboxylic acids is 1. The Hall–Kier alpha value is -2.67. The van der Waals surface area contributed by atoms with Crippen LogP contribution in [0.1, 0.15) is 31.2 Å². The number of nitrogens with two attached hydrogens (primary N) is 2. The van der Waals surface area contributed by atoms with Crippen molar-refractivity contribution < 1.29 is 29.4 Å². The van der Waals surface area contributed by atoms with Crippen molar-refractivity contribution in [2.45, 2.75) is 56.3 Å². The fourth-order valence-corrected chi connectivity index (χ4v) is 3.69. The summed E-state index contributed by atoms with van der Waals surface area (Å²) >= 11 is 1.54. The second-order valence-electron chi connectivity index (χ2n) is 8.07. The van der Waals surface area contributed by atoms with Gasteiger partial charge in [0.25, 0.3) is 0 Å². The molecule has 35 heavy (non-hydrogen) atoms. The number of aliphatic hydroxyl groups is 1. The molecule has 0 saturated heterocycles. The number of rotatable bonds is 17. The highest BCUT2D eigenvalue weighted by atomic mass is 32.2. The number of benzene rings is 1. The number of carbonyl (C=O) groups is 4. The normalized spacial score (nSPS) is 14.3. The number of unbranched alkanes of at least 4 members (excludes halogenated alkanes) is 1. The van der Waals surface area contributed by atoms with Crippen LogP contribution in [-0.2, 0) is 25.6 Å². The lowest BCUT2D eigenvalue weighted by molar-refractivity contribution is -0.142. The number of aliphatic hydroxyl groups excluding tert-OH is 1. The van der Waals surface area contributed by atoms with Crippen LogP contribution in [0.5, 0.6) is 0 Å². The van der Waals surface area contributed by atoms with Gasteiger partial charge in [-0.3, -0.25) is 14.4 Å². The van der Waals surface area contributed by atoms with Crippen LogP contribution in [0, 0.1) is 0 Å². The summed E-state index contributed by atoms with van der Waals surface area (Å²) in [6.45, 7) is -0.364. The van der Waals surface area contributed by atoms with Crippen LogP contribution in [0.2, 0.25) is 0 Å². The van der Waals surface area contributed by atoms with Gasteiger partial charge in [-0.15, -0.1) is 0 Å². The molecule has 196 valence electrons. The summed E-state index contributed by atoms with van der Waals surface area (Å²) in [5.74, 6) is -2.61. The molecule has 1 rings (SSSR count). The average molecular weight is 512 g/mol. The molecule has 0 radical (unpaired) electrons. The first-order valence-electron chi connectivity index (χ1n) is 11.5. The zero-order valence-electron chi connectivity index (χ0n) is 19.9. The Kier molecular flexibility index (Phi) is 14.6. The maximum absolute atomic E-state index is 13.0. The highest BCUT2D eigenvalue weighted by Gasteiger charge is 2.30. The molecule has 0 saturated carbocycles. The van der Waals surface area contributed by atoms with Gasteiger partial charge in [-0.05, 0) is 49.8 Å². The maximum atomic E-state index is 13.0. The van der Waals surface area contributed by atoms with E-state index in [9.17, 15) is 29.4 Å². The Morgan fingerprint density at radius 2 is 1.51 bits per heavy atom. The fraction of sp³-hybridized carbons (Fsp3) is 0.565. The Balaban J connectivity index is 2.91. The Morgan fingerprint density at radius 3 is 2.09 bits per heavy atom. The number of nitrogens with one attached hydrogen (secondary N) is 3. The third-order valence-corrected chi connectivity index (χ3v) is 5.91. The van der Waals surface area contributed by atoms with Gasteiger partial charge in [0.05, 0.1) is 12.6 Å². The first-order valence-corrected chi connectivity index (χ1v) is 12.9. The van der Waals surface area contributed by atoms with Gasteiger partial charge in [0, 0.05) is 6.42 Å². The van der Waals surface area contributed by atoms with Gasteiger partial charge in [0.1, 0.15) is 18.1 Å². The number of carboxylic acids is 1. The molecule has 3 amide bonds. The maximum Gasteiger partial charge on any atom is 0.326 e. The monoisotopic (exact) mass is 511 g/mol. The molecule has 11 nitrogen and oxygen atoms in total. The minimum absolute atomic E-state index is 0.129. The van der Waals surface area contributed by atoms with Crippen molar-refractivity contribution >= 4 is 35.5 Å². The summed E-state index contributed by atoms with van der Waals surface area (Å²) in [5.41, 5.74) is 12.1. The van der Waals surface area contributed by atoms with Crippen LogP contribution in [0.3, 0.4) is 0 Å². The molecule has 9 N–H and O–H groups in total. The van der Waals surface area contributed by atoms with Crippen molar-refractivity contribution in [1.29, 1.82) is 0 Å². The van der Waals surface area contributed by atoms with E-state index in [1.165, 1.54) is 0 Å². The van der Waals surface area contributed by atoms with Crippen molar-refractivity contribution in [2.24, 2.45) is 11.5 Å². The average Bonchev–Trinajstić information content (AvgIpc) is 2.84. The summed E-state index contributed by atoms with van der Waals surface area (Å²) < 4.78 is 0. The van der Waals surface area contributed by atoms with E-state index in [4.69, 9.17) is 11.5 Å². The van der Waals surface area contributed by atoms with E-state index < -0.39 is 54.5 Å². The van der Waals surface area contributed by atoms with Crippen LogP contribution >= 0.6 is 11.8 Å². The van der Waals surface area contributed by atoms with Crippen LogP contribution in [-0.4, -0.2) is 83.2 Å². The van der Waals surface area contributed by atoms with E-state index in [-0.39, 0.29) is 12.8 Å². The second-order valence-corrected chi connectivity index (χ2v) is 9.05. The van der Waals surface area contributed by atoms with Crippen molar-refractivity contribution in [3.8, 4) is 0 Å². The number of thioether (sulfide) groups is 1. The lowest BCUT2D eigenvalue weighted by Gasteiger charge is -2.24. The number of carbonyl (C=O) groups excluding carboxylic acids is 3. The molecule has 12 heteroatoms. The quantitative estimate of drug-likeness (QED) is 0.128. The Morgan fingerprint density at radius 1 is 0.914 bits per heavy atom. The molecule has 4 atom stereocenters. The predicted octanol–water partition coefficient (Wildman–Crippen LogP) is -1.03. The molecular weight excluding hydrogens is 474 g/mol. The Bertz CT molecular complexity index is 813. The van der Waals surface area contributed by atoms with Gasteiger partial charge < -0.3 is 37.6 Å². The van der Waals surface area contributed by atoms with Crippen LogP contribution in [0.25, 0.3) is 0 Å². The number of hydrogen-bond acceptors (Lipinski definition) is 8. The van der Waals surface area contributed by atoms with Crippen LogP contribution in [0.4, 0.5) is 0 Å². The highest BCUT2D eigenvalue weighted by Crippen LogP contribution is 2.06. The third-order valence-electron chi connectivity index (χ3n) is 5.26. The van der Waals surface area contributed by atoms with E-state index in [1.807, 2.05) is 12.3 Å². The van der Waals surface area contributed by atoms with Gasteiger partial charge in [-0.25, -0.2) is 4.79 Å². The van der Waals surface area contributed by atoms with Gasteiger partial charge in [0.2, 0.25) is 17.7 Å². The Labute approximate surface area is 209 Å². The zero-order valence-corrected chi connectivity index (χ0v) is 20.8. The third kappa shape index (κ3) is 11.5. The zero-order chi connectivity index (χ0) is 26.2. The largest absolute Gasteiger partial charge is 0.480 e. The van der Waals surface area contributed by atoms with Gasteiger partial charge in [0.15, 0.2) is 0 Å². The van der Waals surface area contributed by atoms with E-state index >= 15 is 0 Å². The van der Waals surface area contributed by atoms with Gasteiger partial charge in [-0.1, -0.05) is 30.3 Å². The molecule has 1 aromatic rings. The number of hydrogen-bond donors (Lipinski definition) is 7. The molecule has 0 bridgehead atoms. The molecule has 0 fully saturated rings. The molecule has 0 spiro atoms. The lowest BCUT2D eigenvalue weighted by atomic mass is 10.0. The molecular formula is C23H37N5O6S. The molecule has 0 aliphatic carbocycles. The SMILES string of the molecule is CSCCC(N)C(=O)NC(Cc1ccccc1)C(=O)NC(CO)C(=O)NC(CCCCN)C(=O)O. The van der Waals surface area contributed by atoms with Gasteiger partial charge in [-0.2, -0.15) is 11.8 Å². The number of carboxylic acid groups (broad SMARTS) is 1. The summed E-state index contributed by atoms with van der Waals surface area (Å²) in [6.07, 6.45) is 3.69. The minimum Gasteiger partial charge on any atom is -0.480 e. The summed E-state index contributed by atoms with van der Waals surface area (Å²) in [7, 11) is 0. The molecule has 0 heterocycles. The molecule has 1 aromatic carbocycles. The molecule has 0 aromatic heterocycles. The fourth-order valence-electron chi connectivity index (χ4n) is 3.20. The first kappa shape index (κ1) is 30.4. The summed E-state index contributed by atoms with van der Waals surface area (Å²) in [4.78, 5) is 49.7. The van der Waals surface area contributed by atoms with Crippen molar-refractivity contribution in [3.05, 3.63) is 35.9 Å². The molecule has 4 unspecified atom stereocenters. The molecule has 0 aliphatic heterocycles. The lowest BCUT2D eigenvalue weighted by Crippen LogP contribution is -2.58. The van der Waals surface area contributed by atoms with Crippen LogP contribution in [0.15, 0.2) is 30.3 Å². The first-order chi connectivity index (χ1) is 16.7. The summed E-state index contributed by atoms with van der Waals surface area (Å²) in [5, 5.41) is 26.4. The van der Waals surface area contributed by atoms with Gasteiger partial charge >= 0.3 is 5.97 Å². The van der Waals surface area contributed by atoms with Crippen molar-refractivity contribution in [2.75, 3.05) is 25.2 Å².